The minimum atomic E-state index is -4.68. The molecule has 0 aliphatic carbocycles. The van der Waals surface area contributed by atoms with Crippen LogP contribution in [-0.4, -0.2) is 30.3 Å². The lowest BCUT2D eigenvalue weighted by molar-refractivity contribution is -0.136. The molecule has 2 N–H and O–H groups in total. The summed E-state index contributed by atoms with van der Waals surface area (Å²) in [6.45, 7) is -0.163. The van der Waals surface area contributed by atoms with E-state index in [4.69, 9.17) is 18.4 Å². The third-order valence-electron chi connectivity index (χ3n) is 4.91. The number of aromatic nitrogens is 2. The van der Waals surface area contributed by atoms with Gasteiger partial charge >= 0.3 is 6.18 Å². The first kappa shape index (κ1) is 23.7. The summed E-state index contributed by atoms with van der Waals surface area (Å²) in [6.07, 6.45) is -2.20. The number of rotatable bonds is 8. The number of nitrogens with one attached hydrogen (secondary N) is 2. The molecule has 2 aromatic carbocycles. The Kier molecular flexibility index (Phi) is 6.62. The fraction of sp³-hybridized carbons (Fsp3) is 0.174. The summed E-state index contributed by atoms with van der Waals surface area (Å²) in [4.78, 5) is 16.3. The third kappa shape index (κ3) is 5.37. The quantitative estimate of drug-likeness (QED) is 0.347. The Balaban J connectivity index is 1.50. The standard InChI is InChI=1S/C23H19F3N4O5/c1-32-18-6-3-13(9-19(18)33-2)21-29-20(35-30-21)11-27-17-5-4-15(10-16(17)23(24,25)26)28-22(31)14-7-8-34-12-14/h3-10,12,27H,11H2,1-2H3,(H,28,31). The zero-order chi connectivity index (χ0) is 25.0. The molecule has 0 saturated carbocycles. The molecule has 9 nitrogen and oxygen atoms in total. The van der Waals surface area contributed by atoms with Crippen LogP contribution in [0.25, 0.3) is 11.4 Å². The Hall–Kier alpha value is -4.48. The van der Waals surface area contributed by atoms with Crippen LogP contribution < -0.4 is 20.1 Å². The van der Waals surface area contributed by atoms with Crippen molar-refractivity contribution >= 4 is 17.3 Å². The smallest absolute Gasteiger partial charge is 0.418 e. The summed E-state index contributed by atoms with van der Waals surface area (Å²) in [5.74, 6) is 0.687. The average molecular weight is 488 g/mol. The van der Waals surface area contributed by atoms with Gasteiger partial charge in [0.1, 0.15) is 6.26 Å². The Morgan fingerprint density at radius 3 is 2.54 bits per heavy atom. The Morgan fingerprint density at radius 2 is 1.86 bits per heavy atom. The lowest BCUT2D eigenvalue weighted by Gasteiger charge is -2.15. The Morgan fingerprint density at radius 1 is 1.06 bits per heavy atom. The van der Waals surface area contributed by atoms with Gasteiger partial charge in [-0.15, -0.1) is 0 Å². The number of methoxy groups -OCH3 is 2. The molecule has 4 rings (SSSR count). The first-order valence-electron chi connectivity index (χ1n) is 10.1. The lowest BCUT2D eigenvalue weighted by Crippen LogP contribution is -2.14. The van der Waals surface area contributed by atoms with E-state index in [2.05, 4.69) is 20.8 Å². The van der Waals surface area contributed by atoms with Gasteiger partial charge in [-0.3, -0.25) is 4.79 Å². The minimum absolute atomic E-state index is 0.0254. The molecule has 35 heavy (non-hydrogen) atoms. The summed E-state index contributed by atoms with van der Waals surface area (Å²) in [5.41, 5.74) is -0.455. The molecule has 0 aliphatic heterocycles. The SMILES string of the molecule is COc1ccc(-c2noc(CNc3ccc(NC(=O)c4ccoc4)cc3C(F)(F)F)n2)cc1OC. The van der Waals surface area contributed by atoms with E-state index in [0.29, 0.717) is 17.1 Å². The molecule has 0 bridgehead atoms. The highest BCUT2D eigenvalue weighted by atomic mass is 19.4. The highest BCUT2D eigenvalue weighted by Gasteiger charge is 2.34. The zero-order valence-corrected chi connectivity index (χ0v) is 18.5. The maximum atomic E-state index is 13.7. The highest BCUT2D eigenvalue weighted by Crippen LogP contribution is 2.37. The van der Waals surface area contributed by atoms with Gasteiger partial charge in [-0.25, -0.2) is 0 Å². The predicted octanol–water partition coefficient (Wildman–Crippen LogP) is 5.23. The topological polar surface area (TPSA) is 112 Å². The highest BCUT2D eigenvalue weighted by molar-refractivity contribution is 6.04. The fourth-order valence-electron chi connectivity index (χ4n) is 3.20. The van der Waals surface area contributed by atoms with Crippen LogP contribution in [-0.2, 0) is 12.7 Å². The second kappa shape index (κ2) is 9.79. The average Bonchev–Trinajstić information content (AvgIpc) is 3.55. The Bertz CT molecular complexity index is 1320. The third-order valence-corrected chi connectivity index (χ3v) is 4.91. The van der Waals surface area contributed by atoms with Crippen molar-refractivity contribution in [2.24, 2.45) is 0 Å². The molecule has 0 unspecified atom stereocenters. The van der Waals surface area contributed by atoms with E-state index in [-0.39, 0.29) is 35.2 Å². The van der Waals surface area contributed by atoms with E-state index in [0.717, 1.165) is 6.07 Å². The maximum Gasteiger partial charge on any atom is 0.418 e. The molecule has 12 heteroatoms. The van der Waals surface area contributed by atoms with Crippen LogP contribution in [0.2, 0.25) is 0 Å². The largest absolute Gasteiger partial charge is 0.493 e. The maximum absolute atomic E-state index is 13.7. The monoisotopic (exact) mass is 488 g/mol. The van der Waals surface area contributed by atoms with Gasteiger partial charge in [-0.05, 0) is 42.5 Å². The van der Waals surface area contributed by atoms with Crippen molar-refractivity contribution in [3.63, 3.8) is 0 Å². The van der Waals surface area contributed by atoms with E-state index >= 15 is 0 Å². The summed E-state index contributed by atoms with van der Waals surface area (Å²) < 4.78 is 61.5. The zero-order valence-electron chi connectivity index (χ0n) is 18.5. The van der Waals surface area contributed by atoms with Crippen molar-refractivity contribution in [2.45, 2.75) is 12.7 Å². The van der Waals surface area contributed by atoms with Gasteiger partial charge in [0, 0.05) is 16.9 Å². The lowest BCUT2D eigenvalue weighted by atomic mass is 10.1. The number of nitrogens with zero attached hydrogens (tertiary/aromatic N) is 2. The fourth-order valence-corrected chi connectivity index (χ4v) is 3.20. The normalized spacial score (nSPS) is 11.2. The first-order chi connectivity index (χ1) is 16.8. The number of ether oxygens (including phenoxy) is 2. The van der Waals surface area contributed by atoms with Crippen LogP contribution in [0.3, 0.4) is 0 Å². The number of benzene rings is 2. The van der Waals surface area contributed by atoms with Crippen molar-refractivity contribution in [3.05, 3.63) is 72.0 Å². The number of furan rings is 1. The molecule has 4 aromatic rings. The molecular formula is C23H19F3N4O5. The number of amides is 1. The molecule has 0 fully saturated rings. The van der Waals surface area contributed by atoms with Crippen molar-refractivity contribution in [3.8, 4) is 22.9 Å². The van der Waals surface area contributed by atoms with Crippen LogP contribution in [0.1, 0.15) is 21.8 Å². The second-order valence-electron chi connectivity index (χ2n) is 7.16. The number of hydrogen-bond acceptors (Lipinski definition) is 8. The minimum Gasteiger partial charge on any atom is -0.493 e. The molecule has 1 amide bonds. The van der Waals surface area contributed by atoms with E-state index in [1.807, 2.05) is 0 Å². The van der Waals surface area contributed by atoms with Crippen LogP contribution in [0.4, 0.5) is 24.5 Å². The summed E-state index contributed by atoms with van der Waals surface area (Å²) in [7, 11) is 2.99. The molecule has 182 valence electrons. The van der Waals surface area contributed by atoms with E-state index in [9.17, 15) is 18.0 Å². The molecule has 0 atom stereocenters. The van der Waals surface area contributed by atoms with Gasteiger partial charge < -0.3 is 29.0 Å². The number of carbonyl (C=O) groups is 1. The van der Waals surface area contributed by atoms with Crippen molar-refractivity contribution in [1.29, 1.82) is 0 Å². The van der Waals surface area contributed by atoms with Crippen LogP contribution >= 0.6 is 0 Å². The van der Waals surface area contributed by atoms with Gasteiger partial charge in [0.25, 0.3) is 5.91 Å². The number of anilines is 2. The number of halogens is 3. The summed E-state index contributed by atoms with van der Waals surface area (Å²) >= 11 is 0. The van der Waals surface area contributed by atoms with Gasteiger partial charge in [0.05, 0.1) is 38.2 Å². The van der Waals surface area contributed by atoms with Gasteiger partial charge in [0.2, 0.25) is 11.7 Å². The van der Waals surface area contributed by atoms with Crippen LogP contribution in [0, 0.1) is 0 Å². The molecular weight excluding hydrogens is 469 g/mol. The molecule has 0 spiro atoms. The summed E-state index contributed by atoms with van der Waals surface area (Å²) in [6, 6.07) is 9.81. The van der Waals surface area contributed by atoms with Gasteiger partial charge in [-0.2, -0.15) is 18.2 Å². The van der Waals surface area contributed by atoms with Crippen molar-refractivity contribution < 1.29 is 36.4 Å². The van der Waals surface area contributed by atoms with Crippen molar-refractivity contribution in [1.82, 2.24) is 10.1 Å². The molecule has 0 aliphatic rings. The number of alkyl halides is 3. The van der Waals surface area contributed by atoms with Crippen molar-refractivity contribution in [2.75, 3.05) is 24.9 Å². The van der Waals surface area contributed by atoms with Crippen LogP contribution in [0.5, 0.6) is 11.5 Å². The Labute approximate surface area is 196 Å². The molecule has 0 radical (unpaired) electrons. The van der Waals surface area contributed by atoms with Gasteiger partial charge in [0.15, 0.2) is 11.5 Å². The molecule has 2 aromatic heterocycles. The van der Waals surface area contributed by atoms with E-state index in [1.54, 1.807) is 18.2 Å². The number of hydrogen-bond donors (Lipinski definition) is 2. The van der Waals surface area contributed by atoms with E-state index in [1.165, 1.54) is 44.9 Å². The van der Waals surface area contributed by atoms with Crippen LogP contribution in [0.15, 0.2) is 63.9 Å². The van der Waals surface area contributed by atoms with E-state index < -0.39 is 17.6 Å². The number of carbonyl (C=O) groups excluding carboxylic acids is 1. The molecule has 2 heterocycles. The summed E-state index contributed by atoms with van der Waals surface area (Å²) in [5, 5.41) is 8.94. The molecule has 0 saturated heterocycles. The predicted molar refractivity (Wildman–Crippen MR) is 118 cm³/mol. The van der Waals surface area contributed by atoms with Gasteiger partial charge in [-0.1, -0.05) is 5.16 Å². The first-order valence-corrected chi connectivity index (χ1v) is 10.1. The second-order valence-corrected chi connectivity index (χ2v) is 7.16.